The highest BCUT2D eigenvalue weighted by Gasteiger charge is 2.37. The molecule has 0 amide bonds. The third-order valence-corrected chi connectivity index (χ3v) is 4.44. The zero-order valence-corrected chi connectivity index (χ0v) is 11.8. The first kappa shape index (κ1) is 14.7. The molecule has 0 aromatic heterocycles. The quantitative estimate of drug-likeness (QED) is 0.611. The van der Waals surface area contributed by atoms with Gasteiger partial charge in [-0.05, 0) is 24.3 Å². The number of hydrogen-bond acceptors (Lipinski definition) is 3. The molecule has 1 aromatic carbocycles. The Morgan fingerprint density at radius 2 is 2.05 bits per heavy atom. The molecule has 20 heavy (non-hydrogen) atoms. The fraction of sp³-hybridized carbons (Fsp3) is 0.562. The van der Waals surface area contributed by atoms with Gasteiger partial charge in [-0.2, -0.15) is 0 Å². The smallest absolute Gasteiger partial charge is 0.211 e. The second-order valence-corrected chi connectivity index (χ2v) is 5.65. The molecule has 0 saturated heterocycles. The summed E-state index contributed by atoms with van der Waals surface area (Å²) in [6, 6.07) is 9.46. The van der Waals surface area contributed by atoms with Gasteiger partial charge in [0.25, 0.3) is 0 Å². The van der Waals surface area contributed by atoms with Crippen molar-refractivity contribution >= 4 is 5.78 Å². The molecule has 3 atom stereocenters. The number of hydrogen-bond donors (Lipinski definition) is 0. The van der Waals surface area contributed by atoms with Gasteiger partial charge in [0.05, 0.1) is 5.92 Å². The first-order valence-corrected chi connectivity index (χ1v) is 7.31. The van der Waals surface area contributed by atoms with Crippen molar-refractivity contribution in [3.63, 3.8) is 0 Å². The van der Waals surface area contributed by atoms with Crippen molar-refractivity contribution < 1.29 is 9.72 Å². The molecule has 1 saturated carbocycles. The van der Waals surface area contributed by atoms with Crippen molar-refractivity contribution in [3.05, 3.63) is 46.0 Å². The van der Waals surface area contributed by atoms with Gasteiger partial charge in [-0.15, -0.1) is 0 Å². The van der Waals surface area contributed by atoms with Crippen molar-refractivity contribution in [2.24, 2.45) is 11.8 Å². The largest absolute Gasteiger partial charge is 0.299 e. The lowest BCUT2D eigenvalue weighted by molar-refractivity contribution is -0.484. The Balaban J connectivity index is 2.25. The standard InChI is InChI=1S/C16H21NO3/c1-2-12-8-9-16(18)14(10-12)15(11-17(19)20)13-6-4-3-5-7-13/h3-7,12,14-15H,2,8-11H2,1H3/t12-,14-,15-/m0/s1. The number of nitro groups is 1. The Kier molecular flexibility index (Phi) is 4.88. The molecule has 0 heterocycles. The average molecular weight is 275 g/mol. The minimum absolute atomic E-state index is 0.156. The lowest BCUT2D eigenvalue weighted by atomic mass is 9.71. The van der Waals surface area contributed by atoms with Crippen molar-refractivity contribution in [3.8, 4) is 0 Å². The normalized spacial score (nSPS) is 24.4. The summed E-state index contributed by atoms with van der Waals surface area (Å²) in [5.74, 6) is 0.246. The Morgan fingerprint density at radius 1 is 1.35 bits per heavy atom. The van der Waals surface area contributed by atoms with E-state index in [4.69, 9.17) is 0 Å². The highest BCUT2D eigenvalue weighted by molar-refractivity contribution is 5.82. The van der Waals surface area contributed by atoms with Crippen LogP contribution in [-0.2, 0) is 4.79 Å². The number of rotatable bonds is 5. The van der Waals surface area contributed by atoms with Gasteiger partial charge in [0, 0.05) is 17.3 Å². The Morgan fingerprint density at radius 3 is 2.65 bits per heavy atom. The number of Topliss-reactive ketones (excluding diaryl/α,β-unsaturated/α-hetero) is 1. The van der Waals surface area contributed by atoms with Crippen LogP contribution in [0.1, 0.15) is 44.1 Å². The monoisotopic (exact) mass is 275 g/mol. The summed E-state index contributed by atoms with van der Waals surface area (Å²) >= 11 is 0. The molecule has 0 N–H and O–H groups in total. The molecule has 4 heteroatoms. The van der Waals surface area contributed by atoms with Gasteiger partial charge in [-0.25, -0.2) is 0 Å². The first-order chi connectivity index (χ1) is 9.61. The minimum atomic E-state index is -0.291. The Hall–Kier alpha value is -1.71. The lowest BCUT2D eigenvalue weighted by Gasteiger charge is -2.31. The van der Waals surface area contributed by atoms with Gasteiger partial charge in [-0.3, -0.25) is 14.9 Å². The van der Waals surface area contributed by atoms with Crippen molar-refractivity contribution in [1.29, 1.82) is 0 Å². The summed E-state index contributed by atoms with van der Waals surface area (Å²) in [5, 5.41) is 11.0. The fourth-order valence-electron chi connectivity index (χ4n) is 3.23. The number of benzene rings is 1. The molecule has 4 nitrogen and oxygen atoms in total. The zero-order chi connectivity index (χ0) is 14.5. The predicted octanol–water partition coefficient (Wildman–Crippen LogP) is 3.44. The molecule has 0 unspecified atom stereocenters. The molecule has 1 aliphatic carbocycles. The van der Waals surface area contributed by atoms with E-state index in [0.29, 0.717) is 12.3 Å². The van der Waals surface area contributed by atoms with Gasteiger partial charge in [0.2, 0.25) is 6.54 Å². The van der Waals surface area contributed by atoms with Gasteiger partial charge in [-0.1, -0.05) is 43.7 Å². The van der Waals surface area contributed by atoms with E-state index in [9.17, 15) is 14.9 Å². The maximum absolute atomic E-state index is 12.2. The van der Waals surface area contributed by atoms with Gasteiger partial charge in [0.15, 0.2) is 0 Å². The van der Waals surface area contributed by atoms with Crippen LogP contribution in [-0.4, -0.2) is 17.3 Å². The predicted molar refractivity (Wildman–Crippen MR) is 77.2 cm³/mol. The van der Waals surface area contributed by atoms with Gasteiger partial charge < -0.3 is 0 Å². The number of ketones is 1. The fourth-order valence-corrected chi connectivity index (χ4v) is 3.23. The molecule has 108 valence electrons. The summed E-state index contributed by atoms with van der Waals surface area (Å²) in [5.41, 5.74) is 0.916. The summed E-state index contributed by atoms with van der Waals surface area (Å²) < 4.78 is 0. The van der Waals surface area contributed by atoms with E-state index in [1.807, 2.05) is 30.3 Å². The van der Waals surface area contributed by atoms with E-state index in [2.05, 4.69) is 6.92 Å². The minimum Gasteiger partial charge on any atom is -0.299 e. The zero-order valence-electron chi connectivity index (χ0n) is 11.8. The van der Waals surface area contributed by atoms with Crippen LogP contribution in [0.4, 0.5) is 0 Å². The topological polar surface area (TPSA) is 60.2 Å². The molecule has 1 fully saturated rings. The van der Waals surface area contributed by atoms with Crippen LogP contribution in [0, 0.1) is 22.0 Å². The highest BCUT2D eigenvalue weighted by atomic mass is 16.6. The average Bonchev–Trinajstić information content (AvgIpc) is 2.46. The third kappa shape index (κ3) is 3.44. The second-order valence-electron chi connectivity index (χ2n) is 5.65. The molecule has 0 spiro atoms. The molecule has 0 radical (unpaired) electrons. The molecule has 1 aliphatic rings. The summed E-state index contributed by atoms with van der Waals surface area (Å²) in [4.78, 5) is 22.9. The van der Waals surface area contributed by atoms with Gasteiger partial charge >= 0.3 is 0 Å². The number of carbonyl (C=O) groups is 1. The second kappa shape index (κ2) is 6.64. The van der Waals surface area contributed by atoms with Crippen LogP contribution in [0.15, 0.2) is 30.3 Å². The van der Waals surface area contributed by atoms with Crippen LogP contribution in [0.5, 0.6) is 0 Å². The van der Waals surface area contributed by atoms with E-state index in [1.165, 1.54) is 0 Å². The Bertz CT molecular complexity index is 472. The van der Waals surface area contributed by atoms with E-state index in [-0.39, 0.29) is 29.1 Å². The van der Waals surface area contributed by atoms with Crippen LogP contribution >= 0.6 is 0 Å². The summed E-state index contributed by atoms with van der Waals surface area (Å²) in [6.07, 6.45) is 3.35. The van der Waals surface area contributed by atoms with Crippen molar-refractivity contribution in [1.82, 2.24) is 0 Å². The van der Waals surface area contributed by atoms with E-state index < -0.39 is 0 Å². The summed E-state index contributed by atoms with van der Waals surface area (Å²) in [6.45, 7) is 1.97. The van der Waals surface area contributed by atoms with Crippen LogP contribution in [0.3, 0.4) is 0 Å². The maximum Gasteiger partial charge on any atom is 0.211 e. The molecular formula is C16H21NO3. The molecule has 1 aromatic rings. The van der Waals surface area contributed by atoms with E-state index in [1.54, 1.807) is 0 Å². The number of carbonyl (C=O) groups excluding carboxylic acids is 1. The summed E-state index contributed by atoms with van der Waals surface area (Å²) in [7, 11) is 0. The van der Waals surface area contributed by atoms with E-state index in [0.717, 1.165) is 24.8 Å². The van der Waals surface area contributed by atoms with Crippen LogP contribution in [0.2, 0.25) is 0 Å². The lowest BCUT2D eigenvalue weighted by Crippen LogP contribution is -2.33. The van der Waals surface area contributed by atoms with Crippen LogP contribution < -0.4 is 0 Å². The molecule has 0 bridgehead atoms. The number of nitrogens with zero attached hydrogens (tertiary/aromatic N) is 1. The van der Waals surface area contributed by atoms with Crippen molar-refractivity contribution in [2.75, 3.05) is 6.54 Å². The first-order valence-electron chi connectivity index (χ1n) is 7.31. The maximum atomic E-state index is 12.2. The SMILES string of the molecule is CC[C@H]1CCC(=O)[C@H]([C@@H](C[N+](=O)[O-])c2ccccc2)C1. The third-order valence-electron chi connectivity index (χ3n) is 4.44. The van der Waals surface area contributed by atoms with Crippen molar-refractivity contribution in [2.45, 2.75) is 38.5 Å². The van der Waals surface area contributed by atoms with Gasteiger partial charge in [0.1, 0.15) is 5.78 Å². The Labute approximate surface area is 119 Å². The molecule has 2 rings (SSSR count). The van der Waals surface area contributed by atoms with Crippen LogP contribution in [0.25, 0.3) is 0 Å². The molecular weight excluding hydrogens is 254 g/mol. The molecule has 0 aliphatic heterocycles. The highest BCUT2D eigenvalue weighted by Crippen LogP contribution is 2.37. The van der Waals surface area contributed by atoms with E-state index >= 15 is 0 Å².